The lowest BCUT2D eigenvalue weighted by Gasteiger charge is -2.30. The molecule has 0 bridgehead atoms. The van der Waals surface area contributed by atoms with E-state index in [0.717, 1.165) is 25.3 Å². The van der Waals surface area contributed by atoms with Gasteiger partial charge in [-0.1, -0.05) is 25.4 Å². The number of rotatable bonds is 6. The first-order chi connectivity index (χ1) is 9.97. The average molecular weight is 312 g/mol. The highest BCUT2D eigenvalue weighted by molar-refractivity contribution is 6.33. The maximum atomic E-state index is 10.8. The van der Waals surface area contributed by atoms with Crippen LogP contribution in [0.3, 0.4) is 0 Å². The van der Waals surface area contributed by atoms with Crippen molar-refractivity contribution in [2.75, 3.05) is 24.5 Å². The van der Waals surface area contributed by atoms with E-state index in [2.05, 4.69) is 24.1 Å². The largest absolute Gasteiger partial charge is 0.369 e. The third kappa shape index (κ3) is 4.32. The minimum atomic E-state index is -0.416. The Morgan fingerprint density at radius 3 is 2.81 bits per heavy atom. The molecular formula is C15H22ClN3O2. The van der Waals surface area contributed by atoms with Crippen molar-refractivity contribution in [2.45, 2.75) is 32.7 Å². The fraction of sp³-hybridized carbons (Fsp3) is 0.600. The number of benzene rings is 1. The summed E-state index contributed by atoms with van der Waals surface area (Å²) >= 11 is 6.27. The Labute approximate surface area is 130 Å². The third-order valence-corrected chi connectivity index (χ3v) is 3.97. The van der Waals surface area contributed by atoms with E-state index in [1.165, 1.54) is 25.0 Å². The van der Waals surface area contributed by atoms with E-state index in [-0.39, 0.29) is 5.69 Å². The molecule has 21 heavy (non-hydrogen) atoms. The summed E-state index contributed by atoms with van der Waals surface area (Å²) in [6, 6.07) is 5.19. The summed E-state index contributed by atoms with van der Waals surface area (Å²) in [5, 5.41) is 14.7. The number of anilines is 1. The quantitative estimate of drug-likeness (QED) is 0.645. The molecule has 0 aliphatic carbocycles. The molecule has 1 heterocycles. The monoisotopic (exact) mass is 311 g/mol. The predicted octanol–water partition coefficient (Wildman–Crippen LogP) is 3.46. The van der Waals surface area contributed by atoms with Crippen LogP contribution in [-0.2, 0) is 0 Å². The van der Waals surface area contributed by atoms with E-state index in [0.29, 0.717) is 17.0 Å². The minimum Gasteiger partial charge on any atom is -0.369 e. The molecule has 116 valence electrons. The second-order valence-electron chi connectivity index (χ2n) is 5.98. The minimum absolute atomic E-state index is 0.0345. The van der Waals surface area contributed by atoms with Crippen LogP contribution in [0.25, 0.3) is 0 Å². The summed E-state index contributed by atoms with van der Waals surface area (Å²) in [6.45, 7) is 7.16. The van der Waals surface area contributed by atoms with Gasteiger partial charge in [0.15, 0.2) is 0 Å². The Balaban J connectivity index is 2.20. The highest BCUT2D eigenvalue weighted by Crippen LogP contribution is 2.30. The molecule has 2 rings (SSSR count). The van der Waals surface area contributed by atoms with Crippen molar-refractivity contribution in [3.05, 3.63) is 33.3 Å². The normalized spacial score (nSPS) is 18.2. The first-order valence-corrected chi connectivity index (χ1v) is 7.77. The molecule has 0 saturated carbocycles. The molecule has 6 heteroatoms. The molecule has 1 atom stereocenters. The van der Waals surface area contributed by atoms with Crippen molar-refractivity contribution in [1.29, 1.82) is 0 Å². The molecule has 0 radical (unpaired) electrons. The highest BCUT2D eigenvalue weighted by Gasteiger charge is 2.21. The molecule has 1 saturated heterocycles. The molecule has 0 spiro atoms. The van der Waals surface area contributed by atoms with Crippen LogP contribution in [0, 0.1) is 16.0 Å². The van der Waals surface area contributed by atoms with Gasteiger partial charge in [0.25, 0.3) is 5.69 Å². The second kappa shape index (κ2) is 7.09. The first-order valence-electron chi connectivity index (χ1n) is 7.39. The number of hydrogen-bond acceptors (Lipinski definition) is 4. The lowest BCUT2D eigenvalue weighted by Crippen LogP contribution is -2.39. The third-order valence-electron chi connectivity index (χ3n) is 3.67. The van der Waals surface area contributed by atoms with Gasteiger partial charge in [-0.25, -0.2) is 0 Å². The van der Waals surface area contributed by atoms with Gasteiger partial charge in [-0.3, -0.25) is 10.1 Å². The molecule has 1 N–H and O–H groups in total. The summed E-state index contributed by atoms with van der Waals surface area (Å²) in [6.07, 6.45) is 2.37. The van der Waals surface area contributed by atoms with Gasteiger partial charge in [0, 0.05) is 31.3 Å². The summed E-state index contributed by atoms with van der Waals surface area (Å²) in [7, 11) is 0. The van der Waals surface area contributed by atoms with Crippen molar-refractivity contribution in [3.63, 3.8) is 0 Å². The molecule has 1 aliphatic rings. The lowest BCUT2D eigenvalue weighted by molar-refractivity contribution is -0.384. The zero-order valence-electron chi connectivity index (χ0n) is 12.5. The number of nitro groups is 1. The Kier molecular flexibility index (Phi) is 5.42. The number of hydrogen-bond donors (Lipinski definition) is 1. The van der Waals surface area contributed by atoms with E-state index >= 15 is 0 Å². The van der Waals surface area contributed by atoms with Crippen LogP contribution in [0.2, 0.25) is 5.02 Å². The van der Waals surface area contributed by atoms with Gasteiger partial charge >= 0.3 is 0 Å². The number of nitro benzene ring substituents is 1. The Bertz CT molecular complexity index is 502. The van der Waals surface area contributed by atoms with E-state index in [1.807, 2.05) is 0 Å². The van der Waals surface area contributed by atoms with Crippen molar-refractivity contribution in [3.8, 4) is 0 Å². The topological polar surface area (TPSA) is 58.4 Å². The van der Waals surface area contributed by atoms with Crippen LogP contribution in [0.5, 0.6) is 0 Å². The number of nitrogens with one attached hydrogen (secondary N) is 1. The molecule has 0 amide bonds. The summed E-state index contributed by atoms with van der Waals surface area (Å²) < 4.78 is 0. The summed E-state index contributed by atoms with van der Waals surface area (Å²) in [4.78, 5) is 12.6. The van der Waals surface area contributed by atoms with Crippen LogP contribution < -0.4 is 10.2 Å². The molecular weight excluding hydrogens is 290 g/mol. The molecule has 1 fully saturated rings. The fourth-order valence-electron chi connectivity index (χ4n) is 2.76. The van der Waals surface area contributed by atoms with E-state index in [1.54, 1.807) is 6.07 Å². The van der Waals surface area contributed by atoms with Gasteiger partial charge in [0.05, 0.1) is 15.6 Å². The highest BCUT2D eigenvalue weighted by atomic mass is 35.5. The number of halogens is 1. The molecule has 1 unspecified atom stereocenters. The zero-order valence-corrected chi connectivity index (χ0v) is 13.3. The summed E-state index contributed by atoms with van der Waals surface area (Å²) in [5.74, 6) is 0.498. The lowest BCUT2D eigenvalue weighted by atomic mass is 10.1. The smallest absolute Gasteiger partial charge is 0.271 e. The van der Waals surface area contributed by atoms with Crippen LogP contribution in [0.1, 0.15) is 26.7 Å². The van der Waals surface area contributed by atoms with Gasteiger partial charge in [-0.2, -0.15) is 0 Å². The Hall–Kier alpha value is -1.33. The van der Waals surface area contributed by atoms with Crippen molar-refractivity contribution in [1.82, 2.24) is 5.32 Å². The van der Waals surface area contributed by atoms with E-state index in [4.69, 9.17) is 11.6 Å². The van der Waals surface area contributed by atoms with Gasteiger partial charge in [0.2, 0.25) is 0 Å². The molecule has 1 aliphatic heterocycles. The van der Waals surface area contributed by atoms with Crippen molar-refractivity contribution in [2.24, 2.45) is 5.92 Å². The predicted molar refractivity (Wildman–Crippen MR) is 86.2 cm³/mol. The van der Waals surface area contributed by atoms with Crippen LogP contribution in [0.15, 0.2) is 18.2 Å². The van der Waals surface area contributed by atoms with Crippen LogP contribution >= 0.6 is 11.6 Å². The van der Waals surface area contributed by atoms with Crippen molar-refractivity contribution >= 4 is 23.0 Å². The molecule has 1 aromatic carbocycles. The van der Waals surface area contributed by atoms with Crippen LogP contribution in [0.4, 0.5) is 11.4 Å². The number of nitrogens with zero attached hydrogens (tertiary/aromatic N) is 2. The van der Waals surface area contributed by atoms with Gasteiger partial charge < -0.3 is 10.2 Å². The SMILES string of the molecule is CC(C)CN(CC1CCCN1)c1ccc([N+](=O)[O-])cc1Cl. The van der Waals surface area contributed by atoms with Gasteiger partial charge in [-0.05, 0) is 31.4 Å². The molecule has 5 nitrogen and oxygen atoms in total. The Morgan fingerprint density at radius 2 is 2.29 bits per heavy atom. The first kappa shape index (κ1) is 16.0. The fourth-order valence-corrected chi connectivity index (χ4v) is 3.05. The standard InChI is InChI=1S/C15H22ClN3O2/c1-11(2)9-18(10-12-4-3-7-17-12)15-6-5-13(19(20)21)8-14(15)16/h5-6,8,11-12,17H,3-4,7,9-10H2,1-2H3. The number of non-ortho nitro benzene ring substituents is 1. The maximum Gasteiger partial charge on any atom is 0.271 e. The molecule has 1 aromatic rings. The maximum absolute atomic E-state index is 10.8. The average Bonchev–Trinajstić information content (AvgIpc) is 2.90. The van der Waals surface area contributed by atoms with Gasteiger partial charge in [0.1, 0.15) is 0 Å². The Morgan fingerprint density at radius 1 is 1.52 bits per heavy atom. The van der Waals surface area contributed by atoms with Crippen LogP contribution in [-0.4, -0.2) is 30.6 Å². The molecule has 0 aromatic heterocycles. The van der Waals surface area contributed by atoms with Crippen molar-refractivity contribution < 1.29 is 4.92 Å². The van der Waals surface area contributed by atoms with E-state index in [9.17, 15) is 10.1 Å². The van der Waals surface area contributed by atoms with Gasteiger partial charge in [-0.15, -0.1) is 0 Å². The van der Waals surface area contributed by atoms with E-state index < -0.39 is 4.92 Å². The summed E-state index contributed by atoms with van der Waals surface area (Å²) in [5.41, 5.74) is 0.914. The second-order valence-corrected chi connectivity index (χ2v) is 6.39. The zero-order chi connectivity index (χ0) is 15.4.